The van der Waals surface area contributed by atoms with Crippen LogP contribution in [-0.2, 0) is 60.8 Å². The predicted octanol–water partition coefficient (Wildman–Crippen LogP) is 7.23. The van der Waals surface area contributed by atoms with Crippen LogP contribution in [0.25, 0.3) is 0 Å². The van der Waals surface area contributed by atoms with E-state index in [1.54, 1.807) is 72.3 Å². The molecule has 2 aromatic rings. The van der Waals surface area contributed by atoms with E-state index in [1.807, 2.05) is 75.3 Å². The first-order valence-electron chi connectivity index (χ1n) is 29.9. The van der Waals surface area contributed by atoms with E-state index in [9.17, 15) is 48.3 Å². The van der Waals surface area contributed by atoms with Crippen LogP contribution in [0.2, 0.25) is 0 Å². The van der Waals surface area contributed by atoms with E-state index < -0.39 is 84.2 Å². The van der Waals surface area contributed by atoms with E-state index in [1.165, 1.54) is 26.2 Å². The van der Waals surface area contributed by atoms with E-state index in [0.717, 1.165) is 5.56 Å². The summed E-state index contributed by atoms with van der Waals surface area (Å²) in [6.07, 6.45) is 0.143. The number of nitrogens with two attached hydrogens (primary N) is 1. The molecule has 0 aliphatic carbocycles. The SMILES string of the molecule is CC[C@H](C)[C@@H]([C@@H](CC(=O)N1CCCC1[C@H](OC)[C@H](C)C(=O)N[C@H](Cc1ccccc1)C(=O)O)OC)N(C)C(=O)[C@@H](CC(=O)[C@H](C(C)C)N(C)C(=O)OCc1ccc(NC(=O)C(CCCNC(N)=O)CC(=O)[C@@H](NC(C)C)C(C)C)cc1)C(C)C. The largest absolute Gasteiger partial charge is 0.480 e. The van der Waals surface area contributed by atoms with Gasteiger partial charge in [0.1, 0.15) is 12.6 Å². The molecule has 1 aliphatic rings. The second-order valence-corrected chi connectivity index (χ2v) is 24.1. The van der Waals surface area contributed by atoms with Gasteiger partial charge in [0, 0.05) is 84.2 Å². The van der Waals surface area contributed by atoms with Crippen molar-refractivity contribution in [1.29, 1.82) is 0 Å². The van der Waals surface area contributed by atoms with Gasteiger partial charge in [-0.15, -0.1) is 0 Å². The minimum atomic E-state index is -1.18. The summed E-state index contributed by atoms with van der Waals surface area (Å²) < 4.78 is 17.7. The number of urea groups is 1. The Morgan fingerprint density at radius 1 is 0.762 bits per heavy atom. The van der Waals surface area contributed by atoms with Gasteiger partial charge in [0.05, 0.1) is 48.7 Å². The topological polar surface area (TPSA) is 285 Å². The molecule has 0 saturated carbocycles. The number of likely N-dealkylation sites (N-methyl/N-ethyl adjacent to an activating group) is 2. The summed E-state index contributed by atoms with van der Waals surface area (Å²) in [5, 5.41) is 21.4. The molecule has 11 atom stereocenters. The van der Waals surface area contributed by atoms with Gasteiger partial charge in [-0.2, -0.15) is 0 Å². The fraction of sp³-hybridized carbons (Fsp3) is 0.667. The number of aliphatic carboxylic acids is 1. The summed E-state index contributed by atoms with van der Waals surface area (Å²) >= 11 is 0. The van der Waals surface area contributed by atoms with Gasteiger partial charge in [0.25, 0.3) is 0 Å². The number of hydrogen-bond donors (Lipinski definition) is 6. The lowest BCUT2D eigenvalue weighted by Gasteiger charge is -2.41. The van der Waals surface area contributed by atoms with Crippen LogP contribution < -0.4 is 27.0 Å². The summed E-state index contributed by atoms with van der Waals surface area (Å²) in [5.74, 6) is -6.11. The fourth-order valence-electron chi connectivity index (χ4n) is 11.5. The smallest absolute Gasteiger partial charge is 0.410 e. The molecule has 21 nitrogen and oxygen atoms in total. The molecular weight excluding hydrogens is 1080 g/mol. The monoisotopic (exact) mass is 1180 g/mol. The van der Waals surface area contributed by atoms with Gasteiger partial charge in [-0.3, -0.25) is 28.8 Å². The van der Waals surface area contributed by atoms with Gasteiger partial charge in [0.15, 0.2) is 11.6 Å². The molecule has 1 heterocycles. The van der Waals surface area contributed by atoms with Gasteiger partial charge >= 0.3 is 18.1 Å². The average Bonchev–Trinajstić information content (AvgIpc) is 4.10. The van der Waals surface area contributed by atoms with E-state index >= 15 is 0 Å². The van der Waals surface area contributed by atoms with Crippen LogP contribution in [0.4, 0.5) is 15.3 Å². The van der Waals surface area contributed by atoms with Crippen LogP contribution in [-0.4, -0.2) is 163 Å². The molecule has 0 radical (unpaired) electrons. The number of carbonyl (C=O) groups excluding carboxylic acids is 8. The third-order valence-corrected chi connectivity index (χ3v) is 16.3. The van der Waals surface area contributed by atoms with E-state index in [0.29, 0.717) is 49.9 Å². The highest BCUT2D eigenvalue weighted by Gasteiger charge is 2.44. The Morgan fingerprint density at radius 2 is 1.40 bits per heavy atom. The van der Waals surface area contributed by atoms with Crippen LogP contribution >= 0.6 is 0 Å². The number of primary amides is 1. The number of nitrogens with zero attached hydrogens (tertiary/aromatic N) is 3. The van der Waals surface area contributed by atoms with Crippen molar-refractivity contribution in [1.82, 2.24) is 30.7 Å². The number of anilines is 1. The molecule has 0 aromatic heterocycles. The molecule has 470 valence electrons. The Bertz CT molecular complexity index is 2460. The molecule has 2 aromatic carbocycles. The van der Waals surface area contributed by atoms with Crippen molar-refractivity contribution in [2.75, 3.05) is 46.7 Å². The maximum Gasteiger partial charge on any atom is 0.410 e. The van der Waals surface area contributed by atoms with Crippen LogP contribution in [0.1, 0.15) is 139 Å². The molecule has 1 aliphatic heterocycles. The van der Waals surface area contributed by atoms with Gasteiger partial charge in [0.2, 0.25) is 23.6 Å². The number of Topliss-reactive ketones (excluding diaryl/α,β-unsaturated/α-hetero) is 2. The van der Waals surface area contributed by atoms with Crippen molar-refractivity contribution < 1.29 is 62.5 Å². The third-order valence-electron chi connectivity index (χ3n) is 16.3. The zero-order chi connectivity index (χ0) is 63.1. The van der Waals surface area contributed by atoms with Crippen molar-refractivity contribution in [2.24, 2.45) is 47.2 Å². The van der Waals surface area contributed by atoms with Crippen LogP contribution in [0.5, 0.6) is 0 Å². The third kappa shape index (κ3) is 21.6. The quantitative estimate of drug-likeness (QED) is 0.0367. The molecule has 21 heteroatoms. The summed E-state index contributed by atoms with van der Waals surface area (Å²) in [5.41, 5.74) is 7.05. The lowest BCUT2D eigenvalue weighted by Crippen LogP contribution is -2.55. The molecule has 84 heavy (non-hydrogen) atoms. The number of carbonyl (C=O) groups is 9. The van der Waals surface area contributed by atoms with Crippen molar-refractivity contribution in [3.05, 3.63) is 65.7 Å². The first-order valence-corrected chi connectivity index (χ1v) is 29.9. The second kappa shape index (κ2) is 35.1. The number of carboxylic acids is 1. The van der Waals surface area contributed by atoms with Crippen LogP contribution in [0, 0.1) is 41.4 Å². The minimum Gasteiger partial charge on any atom is -0.480 e. The standard InChI is InChI=1S/C63H100N8O13/c1-16-41(10)56(52(82-14)35-53(74)71-31-21-25-49(71)57(83-15)42(11)58(75)68-48(61(78)79)32-43-22-18-17-19-23-43)69(12)60(77)47(37(2)3)34-51(73)55(39(6)7)70(13)63(81)84-36-44-26-28-46(29-27-44)67-59(76)45(24-20-30-65-62(64)80)33-50(72)54(38(4)5)66-40(8)9/h17-19,22-23,26-29,37-42,45,47-49,52,54-57,66H,16,20-21,24-25,30-36H2,1-15H3,(H,67,76)(H,68,75)(H,78,79)(H3,64,65,80)/t41-,42-,45?,47-,48+,49?,52+,54-,55-,56-,57+/m0/s1. The van der Waals surface area contributed by atoms with Crippen molar-refractivity contribution in [3.8, 4) is 0 Å². The van der Waals surface area contributed by atoms with E-state index in [4.69, 9.17) is 19.9 Å². The average molecular weight is 1180 g/mol. The van der Waals surface area contributed by atoms with Crippen molar-refractivity contribution >= 4 is 59.0 Å². The number of methoxy groups -OCH3 is 2. The fourth-order valence-corrected chi connectivity index (χ4v) is 11.5. The molecule has 2 unspecified atom stereocenters. The number of ether oxygens (including phenoxy) is 3. The molecule has 1 fully saturated rings. The highest BCUT2D eigenvalue weighted by Crippen LogP contribution is 2.32. The van der Waals surface area contributed by atoms with E-state index in [-0.39, 0.29) is 97.8 Å². The normalized spacial score (nSPS) is 17.0. The summed E-state index contributed by atoms with van der Waals surface area (Å²) in [6, 6.07) is 11.5. The summed E-state index contributed by atoms with van der Waals surface area (Å²) in [6.45, 7) is 21.3. The number of carboxylic acid groups (broad SMARTS) is 1. The number of likely N-dealkylation sites (tertiary alicyclic amines) is 1. The zero-order valence-corrected chi connectivity index (χ0v) is 52.6. The number of amides is 7. The molecule has 0 bridgehead atoms. The number of ketones is 2. The number of benzene rings is 2. The Balaban J connectivity index is 1.72. The zero-order valence-electron chi connectivity index (χ0n) is 52.6. The van der Waals surface area contributed by atoms with Crippen LogP contribution in [0.3, 0.4) is 0 Å². The summed E-state index contributed by atoms with van der Waals surface area (Å²) in [4.78, 5) is 126. The molecule has 3 rings (SSSR count). The molecule has 1 saturated heterocycles. The molecule has 7 amide bonds. The van der Waals surface area contributed by atoms with Gasteiger partial charge in [-0.05, 0) is 72.6 Å². The predicted molar refractivity (Wildman–Crippen MR) is 322 cm³/mol. The van der Waals surface area contributed by atoms with Gasteiger partial charge in [-0.1, -0.05) is 125 Å². The van der Waals surface area contributed by atoms with E-state index in [2.05, 4.69) is 21.3 Å². The highest BCUT2D eigenvalue weighted by atomic mass is 16.6. The lowest BCUT2D eigenvalue weighted by molar-refractivity contribution is -0.149. The first-order chi connectivity index (χ1) is 39.6. The number of hydrogen-bond acceptors (Lipinski definition) is 13. The van der Waals surface area contributed by atoms with Crippen molar-refractivity contribution in [2.45, 2.75) is 189 Å². The maximum atomic E-state index is 14.8. The number of nitrogens with one attached hydrogen (secondary N) is 4. The Kier molecular flexibility index (Phi) is 30.0. The second-order valence-electron chi connectivity index (χ2n) is 24.1. The maximum absolute atomic E-state index is 14.8. The number of rotatable bonds is 36. The van der Waals surface area contributed by atoms with Crippen molar-refractivity contribution in [3.63, 3.8) is 0 Å². The Morgan fingerprint density at radius 3 is 1.94 bits per heavy atom. The Hall–Kier alpha value is -6.45. The van der Waals surface area contributed by atoms with Gasteiger partial charge in [-0.25, -0.2) is 14.4 Å². The minimum absolute atomic E-state index is 0.000386. The Labute approximate surface area is 499 Å². The van der Waals surface area contributed by atoms with Crippen LogP contribution in [0.15, 0.2) is 54.6 Å². The highest BCUT2D eigenvalue weighted by molar-refractivity contribution is 5.97. The summed E-state index contributed by atoms with van der Waals surface area (Å²) in [7, 11) is 6.14. The molecule has 0 spiro atoms. The van der Waals surface area contributed by atoms with Gasteiger partial charge < -0.3 is 61.0 Å². The lowest BCUT2D eigenvalue weighted by atomic mass is 9.83. The molecule has 7 N–H and O–H groups in total. The molecular formula is C63H100N8O13. The first kappa shape index (κ1) is 71.8.